The van der Waals surface area contributed by atoms with E-state index in [0.29, 0.717) is 13.2 Å². The maximum atomic E-state index is 5.73. The monoisotopic (exact) mass is 488 g/mol. The first-order chi connectivity index (χ1) is 12.2. The van der Waals surface area contributed by atoms with Crippen LogP contribution in [0.2, 0.25) is 0 Å². The lowest BCUT2D eigenvalue weighted by molar-refractivity contribution is 0.297. The Labute approximate surface area is 175 Å². The predicted molar refractivity (Wildman–Crippen MR) is 118 cm³/mol. The minimum Gasteiger partial charge on any atom is -0.490 e. The predicted octanol–water partition coefficient (Wildman–Crippen LogP) is 3.77. The second-order valence-electron chi connectivity index (χ2n) is 5.83. The number of thiazole rings is 1. The third-order valence-corrected chi connectivity index (χ3v) is 5.01. The molecule has 6 nitrogen and oxygen atoms in total. The van der Waals surface area contributed by atoms with Crippen LogP contribution in [-0.4, -0.2) is 37.7 Å². The van der Waals surface area contributed by atoms with E-state index in [1.165, 1.54) is 4.88 Å². The first kappa shape index (κ1) is 20.8. The van der Waals surface area contributed by atoms with Gasteiger partial charge in [0.15, 0.2) is 17.5 Å². The van der Waals surface area contributed by atoms with Gasteiger partial charge in [-0.2, -0.15) is 0 Å². The molecule has 1 aliphatic heterocycles. The van der Waals surface area contributed by atoms with Crippen LogP contribution in [0.5, 0.6) is 11.5 Å². The molecule has 2 heterocycles. The minimum absolute atomic E-state index is 0. The van der Waals surface area contributed by atoms with Crippen molar-refractivity contribution < 1.29 is 9.47 Å². The molecule has 142 valence electrons. The van der Waals surface area contributed by atoms with Crippen molar-refractivity contribution in [3.05, 3.63) is 33.8 Å². The SMILES string of the molecule is CN=C(NCCc1sc(C)nc1C)Nc1ccc2c(c1)OCCCO2.I. The summed E-state index contributed by atoms with van der Waals surface area (Å²) < 4.78 is 11.4. The molecular weight excluding hydrogens is 463 g/mol. The number of nitrogens with zero attached hydrogens (tertiary/aromatic N) is 2. The number of fused-ring (bicyclic) bond motifs is 1. The average molecular weight is 488 g/mol. The van der Waals surface area contributed by atoms with E-state index in [1.807, 2.05) is 25.1 Å². The molecule has 0 spiro atoms. The zero-order valence-corrected chi connectivity index (χ0v) is 18.4. The maximum absolute atomic E-state index is 5.73. The van der Waals surface area contributed by atoms with Gasteiger partial charge in [-0.25, -0.2) is 4.98 Å². The van der Waals surface area contributed by atoms with Crippen LogP contribution in [-0.2, 0) is 6.42 Å². The molecule has 8 heteroatoms. The van der Waals surface area contributed by atoms with E-state index >= 15 is 0 Å². The molecule has 2 N–H and O–H groups in total. The third kappa shape index (κ3) is 5.47. The lowest BCUT2D eigenvalue weighted by Gasteiger charge is -2.14. The molecule has 26 heavy (non-hydrogen) atoms. The minimum atomic E-state index is 0. The van der Waals surface area contributed by atoms with Gasteiger partial charge in [0.25, 0.3) is 0 Å². The van der Waals surface area contributed by atoms with Crippen molar-refractivity contribution in [2.75, 3.05) is 32.1 Å². The van der Waals surface area contributed by atoms with Gasteiger partial charge in [0.1, 0.15) is 0 Å². The second kappa shape index (κ2) is 9.96. The number of benzene rings is 1. The van der Waals surface area contributed by atoms with E-state index < -0.39 is 0 Å². The number of guanidine groups is 1. The van der Waals surface area contributed by atoms with Crippen molar-refractivity contribution in [1.29, 1.82) is 0 Å². The quantitative estimate of drug-likeness (QED) is 0.390. The molecule has 3 rings (SSSR count). The van der Waals surface area contributed by atoms with Gasteiger partial charge in [0.05, 0.1) is 23.9 Å². The first-order valence-electron chi connectivity index (χ1n) is 8.46. The molecular formula is C18H25IN4O2S. The lowest BCUT2D eigenvalue weighted by atomic mass is 10.2. The summed E-state index contributed by atoms with van der Waals surface area (Å²) in [5.41, 5.74) is 2.04. The molecule has 0 amide bonds. The van der Waals surface area contributed by atoms with E-state index in [2.05, 4.69) is 27.5 Å². The zero-order chi connectivity index (χ0) is 17.6. The van der Waals surface area contributed by atoms with Gasteiger partial charge in [-0.05, 0) is 26.0 Å². The van der Waals surface area contributed by atoms with Crippen LogP contribution >= 0.6 is 35.3 Å². The topological polar surface area (TPSA) is 67.8 Å². The number of rotatable bonds is 4. The number of aryl methyl sites for hydroxylation is 2. The molecule has 0 aliphatic carbocycles. The second-order valence-corrected chi connectivity index (χ2v) is 7.12. The Morgan fingerprint density at radius 3 is 2.69 bits per heavy atom. The fourth-order valence-electron chi connectivity index (χ4n) is 2.66. The van der Waals surface area contributed by atoms with Crippen LogP contribution in [0.1, 0.15) is 22.0 Å². The van der Waals surface area contributed by atoms with Crippen molar-refractivity contribution in [3.63, 3.8) is 0 Å². The van der Waals surface area contributed by atoms with Gasteiger partial charge in [-0.3, -0.25) is 4.99 Å². The van der Waals surface area contributed by atoms with E-state index in [9.17, 15) is 0 Å². The Balaban J connectivity index is 0.00000243. The van der Waals surface area contributed by atoms with Gasteiger partial charge in [-0.1, -0.05) is 0 Å². The Kier molecular flexibility index (Phi) is 7.95. The van der Waals surface area contributed by atoms with Crippen LogP contribution in [0.4, 0.5) is 5.69 Å². The summed E-state index contributed by atoms with van der Waals surface area (Å²) in [5.74, 6) is 2.30. The van der Waals surface area contributed by atoms with Crippen molar-refractivity contribution in [2.24, 2.45) is 4.99 Å². The van der Waals surface area contributed by atoms with Gasteiger partial charge >= 0.3 is 0 Å². The average Bonchev–Trinajstić information content (AvgIpc) is 2.79. The number of halogens is 1. The highest BCUT2D eigenvalue weighted by Crippen LogP contribution is 2.32. The van der Waals surface area contributed by atoms with Crippen LogP contribution in [0.3, 0.4) is 0 Å². The number of nitrogens with one attached hydrogen (secondary N) is 2. The number of hydrogen-bond acceptors (Lipinski definition) is 5. The largest absolute Gasteiger partial charge is 0.490 e. The molecule has 0 unspecified atom stereocenters. The normalized spacial score (nSPS) is 13.6. The molecule has 0 bridgehead atoms. The van der Waals surface area contributed by atoms with Crippen LogP contribution in [0.15, 0.2) is 23.2 Å². The fourth-order valence-corrected chi connectivity index (χ4v) is 3.59. The molecule has 1 aromatic heterocycles. The molecule has 0 radical (unpaired) electrons. The van der Waals surface area contributed by atoms with Crippen LogP contribution in [0, 0.1) is 13.8 Å². The number of ether oxygens (including phenoxy) is 2. The van der Waals surface area contributed by atoms with Gasteiger partial charge in [0, 0.05) is 43.1 Å². The van der Waals surface area contributed by atoms with Crippen molar-refractivity contribution in [2.45, 2.75) is 26.7 Å². The fraction of sp³-hybridized carbons (Fsp3) is 0.444. The third-order valence-electron chi connectivity index (χ3n) is 3.88. The molecule has 0 fully saturated rings. The van der Waals surface area contributed by atoms with E-state index in [1.54, 1.807) is 18.4 Å². The maximum Gasteiger partial charge on any atom is 0.195 e. The van der Waals surface area contributed by atoms with Crippen molar-refractivity contribution >= 4 is 47.0 Å². The van der Waals surface area contributed by atoms with Gasteiger partial charge < -0.3 is 20.1 Å². The Bertz CT molecular complexity index is 764. The first-order valence-corrected chi connectivity index (χ1v) is 9.27. The van der Waals surface area contributed by atoms with Crippen molar-refractivity contribution in [1.82, 2.24) is 10.3 Å². The summed E-state index contributed by atoms with van der Waals surface area (Å²) in [5, 5.41) is 7.75. The summed E-state index contributed by atoms with van der Waals surface area (Å²) in [6.45, 7) is 6.27. The molecule has 1 aliphatic rings. The van der Waals surface area contributed by atoms with Gasteiger partial charge in [0.2, 0.25) is 0 Å². The molecule has 0 saturated carbocycles. The highest BCUT2D eigenvalue weighted by Gasteiger charge is 2.11. The highest BCUT2D eigenvalue weighted by atomic mass is 127. The summed E-state index contributed by atoms with van der Waals surface area (Å²) in [7, 11) is 1.76. The number of hydrogen-bond donors (Lipinski definition) is 2. The van der Waals surface area contributed by atoms with E-state index in [0.717, 1.165) is 53.2 Å². The van der Waals surface area contributed by atoms with E-state index in [-0.39, 0.29) is 24.0 Å². The molecule has 0 atom stereocenters. The van der Waals surface area contributed by atoms with Crippen LogP contribution < -0.4 is 20.1 Å². The molecule has 2 aromatic rings. The Morgan fingerprint density at radius 2 is 2.00 bits per heavy atom. The summed E-state index contributed by atoms with van der Waals surface area (Å²) in [6.07, 6.45) is 1.83. The van der Waals surface area contributed by atoms with Crippen molar-refractivity contribution in [3.8, 4) is 11.5 Å². The Hall–Kier alpha value is -1.55. The Morgan fingerprint density at radius 1 is 1.23 bits per heavy atom. The van der Waals surface area contributed by atoms with E-state index in [4.69, 9.17) is 9.47 Å². The zero-order valence-electron chi connectivity index (χ0n) is 15.3. The molecule has 1 aromatic carbocycles. The number of anilines is 1. The summed E-state index contributed by atoms with van der Waals surface area (Å²) in [4.78, 5) is 10.1. The van der Waals surface area contributed by atoms with Crippen LogP contribution in [0.25, 0.3) is 0 Å². The molecule has 0 saturated heterocycles. The number of aromatic nitrogens is 1. The smallest absolute Gasteiger partial charge is 0.195 e. The lowest BCUT2D eigenvalue weighted by Crippen LogP contribution is -2.32. The summed E-state index contributed by atoms with van der Waals surface area (Å²) in [6, 6.07) is 5.85. The highest BCUT2D eigenvalue weighted by molar-refractivity contribution is 14.0. The standard InChI is InChI=1S/C18H24N4O2S.HI/c1-12-17(25-13(2)21-12)7-8-20-18(19-3)22-14-5-6-15-16(11-14)24-10-4-9-23-15;/h5-6,11H,4,7-10H2,1-3H3,(H2,19,20,22);1H. The summed E-state index contributed by atoms with van der Waals surface area (Å²) >= 11 is 1.75. The van der Waals surface area contributed by atoms with Gasteiger partial charge in [-0.15, -0.1) is 35.3 Å². The number of aliphatic imine (C=N–C) groups is 1.